The maximum atomic E-state index is 13.3. The molecule has 2 aromatic carbocycles. The summed E-state index contributed by atoms with van der Waals surface area (Å²) in [5.74, 6) is 0.615. The van der Waals surface area contributed by atoms with Gasteiger partial charge in [0.15, 0.2) is 5.82 Å². The van der Waals surface area contributed by atoms with Crippen molar-refractivity contribution in [2.75, 3.05) is 32.1 Å². The lowest BCUT2D eigenvalue weighted by Crippen LogP contribution is -2.41. The van der Waals surface area contributed by atoms with Crippen molar-refractivity contribution in [1.29, 1.82) is 0 Å². The molecule has 0 spiro atoms. The second-order valence-corrected chi connectivity index (χ2v) is 7.63. The summed E-state index contributed by atoms with van der Waals surface area (Å²) in [5.41, 5.74) is 2.65. The fraction of sp³-hybridized carbons (Fsp3) is 0.286. The molecule has 1 aromatic heterocycles. The van der Waals surface area contributed by atoms with Crippen LogP contribution in [0.5, 0.6) is 0 Å². The summed E-state index contributed by atoms with van der Waals surface area (Å²) < 4.78 is 18.6. The number of amides is 1. The van der Waals surface area contributed by atoms with E-state index in [0.29, 0.717) is 37.9 Å². The molecule has 4 rings (SSSR count). The summed E-state index contributed by atoms with van der Waals surface area (Å²) in [6.45, 7) is 4.43. The Hall–Kier alpha value is -2.51. The zero-order valence-corrected chi connectivity index (χ0v) is 16.3. The van der Waals surface area contributed by atoms with Gasteiger partial charge in [-0.15, -0.1) is 0 Å². The van der Waals surface area contributed by atoms with E-state index >= 15 is 0 Å². The number of hydrogen-bond donors (Lipinski definition) is 0. The van der Waals surface area contributed by atoms with E-state index in [2.05, 4.69) is 9.97 Å². The van der Waals surface area contributed by atoms with Crippen molar-refractivity contribution >= 4 is 28.6 Å². The third-order valence-electron chi connectivity index (χ3n) is 4.62. The Morgan fingerprint density at radius 2 is 1.89 bits per heavy atom. The summed E-state index contributed by atoms with van der Waals surface area (Å²) in [5, 5.41) is 1.67. The molecule has 1 aliphatic heterocycles. The Labute approximate surface area is 166 Å². The molecule has 0 atom stereocenters. The molecule has 0 unspecified atom stereocenters. The standard InChI is InChI=1S/C21H20FN3O2S/c1-14-2-7-17-18(12-14)23-20(15-3-5-16(22)6-4-15)24-21(17)28-13-19(26)25-8-10-27-11-9-25/h2-7,12H,8-11,13H2,1H3. The second kappa shape index (κ2) is 8.24. The number of aryl methyl sites for hydroxylation is 1. The molecule has 0 N–H and O–H groups in total. The Bertz CT molecular complexity index is 1000. The Kier molecular flexibility index (Phi) is 5.54. The first-order valence-electron chi connectivity index (χ1n) is 9.13. The zero-order valence-electron chi connectivity index (χ0n) is 15.5. The largest absolute Gasteiger partial charge is 0.378 e. The van der Waals surface area contributed by atoms with Gasteiger partial charge in [-0.3, -0.25) is 4.79 Å². The van der Waals surface area contributed by atoms with E-state index in [9.17, 15) is 9.18 Å². The molecule has 5 nitrogen and oxygen atoms in total. The van der Waals surface area contributed by atoms with Crippen molar-refractivity contribution in [1.82, 2.24) is 14.9 Å². The van der Waals surface area contributed by atoms with E-state index in [1.807, 2.05) is 30.0 Å². The predicted octanol–water partition coefficient (Wildman–Crippen LogP) is 3.70. The van der Waals surface area contributed by atoms with Crippen LogP contribution in [0, 0.1) is 12.7 Å². The van der Waals surface area contributed by atoms with Gasteiger partial charge in [-0.25, -0.2) is 14.4 Å². The van der Waals surface area contributed by atoms with E-state index in [4.69, 9.17) is 4.74 Å². The van der Waals surface area contributed by atoms with Gasteiger partial charge in [0.1, 0.15) is 10.8 Å². The molecule has 28 heavy (non-hydrogen) atoms. The minimum atomic E-state index is -0.300. The number of nitrogens with zero attached hydrogens (tertiary/aromatic N) is 3. The summed E-state index contributed by atoms with van der Waals surface area (Å²) >= 11 is 1.41. The van der Waals surface area contributed by atoms with Gasteiger partial charge in [0.25, 0.3) is 0 Å². The summed E-state index contributed by atoms with van der Waals surface area (Å²) in [6, 6.07) is 12.1. The summed E-state index contributed by atoms with van der Waals surface area (Å²) in [4.78, 5) is 23.7. The number of hydrogen-bond acceptors (Lipinski definition) is 5. The third kappa shape index (κ3) is 4.15. The van der Waals surface area contributed by atoms with Crippen LogP contribution in [0.15, 0.2) is 47.5 Å². The number of rotatable bonds is 4. The first-order valence-corrected chi connectivity index (χ1v) is 10.1. The van der Waals surface area contributed by atoms with Gasteiger partial charge in [0, 0.05) is 24.0 Å². The molecular weight excluding hydrogens is 377 g/mol. The van der Waals surface area contributed by atoms with Crippen LogP contribution in [0.1, 0.15) is 5.56 Å². The quantitative estimate of drug-likeness (QED) is 0.496. The van der Waals surface area contributed by atoms with Crippen LogP contribution in [0.4, 0.5) is 4.39 Å². The number of carbonyl (C=O) groups excluding carboxylic acids is 1. The van der Waals surface area contributed by atoms with Gasteiger partial charge in [-0.1, -0.05) is 17.8 Å². The highest BCUT2D eigenvalue weighted by atomic mass is 32.2. The van der Waals surface area contributed by atoms with Gasteiger partial charge in [0.2, 0.25) is 5.91 Å². The highest BCUT2D eigenvalue weighted by molar-refractivity contribution is 8.00. The minimum absolute atomic E-state index is 0.0792. The first kappa shape index (κ1) is 18.8. The highest BCUT2D eigenvalue weighted by Crippen LogP contribution is 2.29. The molecular formula is C21H20FN3O2S. The van der Waals surface area contributed by atoms with Crippen LogP contribution in [0.3, 0.4) is 0 Å². The van der Waals surface area contributed by atoms with E-state index in [0.717, 1.165) is 27.1 Å². The molecule has 3 aromatic rings. The number of halogens is 1. The minimum Gasteiger partial charge on any atom is -0.378 e. The molecule has 0 saturated carbocycles. The van der Waals surface area contributed by atoms with Crippen molar-refractivity contribution in [2.24, 2.45) is 0 Å². The average molecular weight is 397 g/mol. The number of aromatic nitrogens is 2. The van der Waals surface area contributed by atoms with E-state index in [1.54, 1.807) is 12.1 Å². The van der Waals surface area contributed by atoms with E-state index in [1.165, 1.54) is 23.9 Å². The first-order chi connectivity index (χ1) is 13.6. The molecule has 1 amide bonds. The smallest absolute Gasteiger partial charge is 0.233 e. The number of carbonyl (C=O) groups is 1. The average Bonchev–Trinajstić information content (AvgIpc) is 2.72. The van der Waals surface area contributed by atoms with Crippen LogP contribution in [-0.4, -0.2) is 52.8 Å². The van der Waals surface area contributed by atoms with Crippen molar-refractivity contribution < 1.29 is 13.9 Å². The van der Waals surface area contributed by atoms with Crippen molar-refractivity contribution in [2.45, 2.75) is 11.9 Å². The fourth-order valence-electron chi connectivity index (χ4n) is 3.08. The van der Waals surface area contributed by atoms with Gasteiger partial charge < -0.3 is 9.64 Å². The second-order valence-electron chi connectivity index (χ2n) is 6.66. The molecule has 1 aliphatic rings. The Morgan fingerprint density at radius 3 is 2.64 bits per heavy atom. The fourth-order valence-corrected chi connectivity index (χ4v) is 4.00. The highest BCUT2D eigenvalue weighted by Gasteiger charge is 2.18. The number of fused-ring (bicyclic) bond motifs is 1. The molecule has 2 heterocycles. The molecule has 0 radical (unpaired) electrons. The van der Waals surface area contributed by atoms with E-state index in [-0.39, 0.29) is 11.7 Å². The van der Waals surface area contributed by atoms with Gasteiger partial charge in [-0.05, 0) is 48.9 Å². The maximum Gasteiger partial charge on any atom is 0.233 e. The monoisotopic (exact) mass is 397 g/mol. The van der Waals surface area contributed by atoms with Gasteiger partial charge in [0.05, 0.1) is 24.5 Å². The lowest BCUT2D eigenvalue weighted by atomic mass is 10.1. The zero-order chi connectivity index (χ0) is 19.5. The molecule has 1 fully saturated rings. The number of benzene rings is 2. The number of morpholine rings is 1. The number of thioether (sulfide) groups is 1. The van der Waals surface area contributed by atoms with Gasteiger partial charge in [-0.2, -0.15) is 0 Å². The topological polar surface area (TPSA) is 55.3 Å². The Balaban J connectivity index is 1.65. The van der Waals surface area contributed by atoms with Crippen LogP contribution in [0.2, 0.25) is 0 Å². The Morgan fingerprint density at radius 1 is 1.14 bits per heavy atom. The summed E-state index contributed by atoms with van der Waals surface area (Å²) in [7, 11) is 0. The molecule has 7 heteroatoms. The van der Waals surface area contributed by atoms with Crippen LogP contribution in [-0.2, 0) is 9.53 Å². The van der Waals surface area contributed by atoms with Crippen molar-refractivity contribution in [3.8, 4) is 11.4 Å². The maximum absolute atomic E-state index is 13.3. The SMILES string of the molecule is Cc1ccc2c(SCC(=O)N3CCOCC3)nc(-c3ccc(F)cc3)nc2c1. The van der Waals surface area contributed by atoms with E-state index < -0.39 is 0 Å². The number of ether oxygens (including phenoxy) is 1. The normalized spacial score (nSPS) is 14.4. The molecule has 144 valence electrons. The van der Waals surface area contributed by atoms with Crippen LogP contribution >= 0.6 is 11.8 Å². The summed E-state index contributed by atoms with van der Waals surface area (Å²) in [6.07, 6.45) is 0. The van der Waals surface area contributed by atoms with Crippen molar-refractivity contribution in [3.05, 3.63) is 53.8 Å². The van der Waals surface area contributed by atoms with Crippen LogP contribution < -0.4 is 0 Å². The lowest BCUT2D eigenvalue weighted by Gasteiger charge is -2.26. The molecule has 0 bridgehead atoms. The molecule has 1 saturated heterocycles. The van der Waals surface area contributed by atoms with Crippen molar-refractivity contribution in [3.63, 3.8) is 0 Å². The lowest BCUT2D eigenvalue weighted by molar-refractivity contribution is -0.132. The van der Waals surface area contributed by atoms with Crippen LogP contribution in [0.25, 0.3) is 22.3 Å². The van der Waals surface area contributed by atoms with Gasteiger partial charge >= 0.3 is 0 Å². The third-order valence-corrected chi connectivity index (χ3v) is 5.59. The predicted molar refractivity (Wildman–Crippen MR) is 108 cm³/mol. The molecule has 0 aliphatic carbocycles.